The first kappa shape index (κ1) is 23.6. The van der Waals surface area contributed by atoms with E-state index in [1.54, 1.807) is 19.1 Å². The zero-order valence-electron chi connectivity index (χ0n) is 20.0. The molecule has 1 amide bonds. The molecule has 0 aliphatic carbocycles. The van der Waals surface area contributed by atoms with E-state index < -0.39 is 0 Å². The third-order valence-corrected chi connectivity index (χ3v) is 5.62. The number of benzene rings is 1. The molecule has 10 nitrogen and oxygen atoms in total. The average molecular weight is 467 g/mol. The summed E-state index contributed by atoms with van der Waals surface area (Å²) in [6.07, 6.45) is 0.476. The van der Waals surface area contributed by atoms with Crippen LogP contribution < -0.4 is 15.8 Å². The highest BCUT2D eigenvalue weighted by molar-refractivity contribution is 5.91. The first-order valence-electron chi connectivity index (χ1n) is 11.4. The van der Waals surface area contributed by atoms with Gasteiger partial charge in [0.25, 0.3) is 5.56 Å². The highest BCUT2D eigenvalue weighted by Crippen LogP contribution is 2.24. The monoisotopic (exact) mass is 466 g/mol. The number of ether oxygens (including phenoxy) is 1. The number of hydrogen-bond acceptors (Lipinski definition) is 8. The van der Waals surface area contributed by atoms with E-state index in [2.05, 4.69) is 25.4 Å². The van der Waals surface area contributed by atoms with E-state index >= 15 is 0 Å². The molecule has 1 aliphatic rings. The Bertz CT molecular complexity index is 1200. The number of aromatic nitrogens is 4. The Morgan fingerprint density at radius 2 is 1.85 bits per heavy atom. The van der Waals surface area contributed by atoms with Crippen molar-refractivity contribution < 1.29 is 14.1 Å². The second-order valence-electron chi connectivity index (χ2n) is 9.35. The summed E-state index contributed by atoms with van der Waals surface area (Å²) < 4.78 is 10.7. The van der Waals surface area contributed by atoms with E-state index in [0.717, 1.165) is 5.56 Å². The predicted molar refractivity (Wildman–Crippen MR) is 128 cm³/mol. The molecule has 1 fully saturated rings. The number of amides is 1. The Morgan fingerprint density at radius 3 is 2.47 bits per heavy atom. The maximum Gasteiger partial charge on any atom is 0.255 e. The lowest BCUT2D eigenvalue weighted by molar-refractivity contribution is -0.116. The standard InChI is InChI=1S/C24H30N6O4/c1-15-18(21(32)28-23(25-15)30-11-13-33-14-12-30)9-10-19(31)26-17-7-5-16(6-8-17)20-27-22(34-29-20)24(2,3)4/h5-8H,9-14H2,1-4H3,(H,26,31)(H,25,28,32). The third kappa shape index (κ3) is 5.51. The van der Waals surface area contributed by atoms with Crippen LogP contribution >= 0.6 is 0 Å². The van der Waals surface area contributed by atoms with E-state index in [4.69, 9.17) is 9.26 Å². The molecule has 180 valence electrons. The van der Waals surface area contributed by atoms with Gasteiger partial charge in [0.2, 0.25) is 23.6 Å². The lowest BCUT2D eigenvalue weighted by Gasteiger charge is -2.27. The summed E-state index contributed by atoms with van der Waals surface area (Å²) in [6.45, 7) is 10.4. The molecule has 0 saturated carbocycles. The molecule has 2 aromatic heterocycles. The van der Waals surface area contributed by atoms with E-state index in [0.29, 0.717) is 67.3 Å². The molecular formula is C24H30N6O4. The van der Waals surface area contributed by atoms with Crippen LogP contribution in [-0.2, 0) is 21.4 Å². The minimum atomic E-state index is -0.225. The molecule has 4 rings (SSSR count). The summed E-state index contributed by atoms with van der Waals surface area (Å²) in [5.41, 5.74) is 2.18. The van der Waals surface area contributed by atoms with Gasteiger partial charge < -0.3 is 19.5 Å². The smallest absolute Gasteiger partial charge is 0.255 e. The van der Waals surface area contributed by atoms with E-state index in [1.165, 1.54) is 0 Å². The zero-order valence-corrected chi connectivity index (χ0v) is 20.0. The van der Waals surface area contributed by atoms with Crippen LogP contribution in [0.4, 0.5) is 11.6 Å². The van der Waals surface area contributed by atoms with Crippen LogP contribution in [0.25, 0.3) is 11.4 Å². The molecule has 1 aliphatic heterocycles. The lowest BCUT2D eigenvalue weighted by Crippen LogP contribution is -2.38. The van der Waals surface area contributed by atoms with Gasteiger partial charge in [-0.1, -0.05) is 25.9 Å². The van der Waals surface area contributed by atoms with Crippen molar-refractivity contribution in [2.45, 2.75) is 46.0 Å². The van der Waals surface area contributed by atoms with E-state index in [9.17, 15) is 9.59 Å². The van der Waals surface area contributed by atoms with Crippen molar-refractivity contribution in [2.24, 2.45) is 0 Å². The number of nitrogens with one attached hydrogen (secondary N) is 2. The normalized spacial score (nSPS) is 14.3. The van der Waals surface area contributed by atoms with Crippen LogP contribution in [0, 0.1) is 6.92 Å². The van der Waals surface area contributed by atoms with Crippen molar-refractivity contribution in [1.29, 1.82) is 0 Å². The Hall–Kier alpha value is -3.53. The maximum absolute atomic E-state index is 12.6. The lowest BCUT2D eigenvalue weighted by atomic mass is 9.97. The van der Waals surface area contributed by atoms with Gasteiger partial charge in [0.05, 0.1) is 13.2 Å². The Balaban J connectivity index is 1.35. The van der Waals surface area contributed by atoms with Crippen LogP contribution in [0.5, 0.6) is 0 Å². The molecule has 1 aromatic carbocycles. The van der Waals surface area contributed by atoms with Crippen molar-refractivity contribution >= 4 is 17.5 Å². The maximum atomic E-state index is 12.6. The van der Waals surface area contributed by atoms with Gasteiger partial charge in [0, 0.05) is 47.4 Å². The van der Waals surface area contributed by atoms with Crippen LogP contribution in [0.3, 0.4) is 0 Å². The van der Waals surface area contributed by atoms with Crippen molar-refractivity contribution in [3.05, 3.63) is 51.8 Å². The Morgan fingerprint density at radius 1 is 1.15 bits per heavy atom. The van der Waals surface area contributed by atoms with E-state index in [-0.39, 0.29) is 23.3 Å². The van der Waals surface area contributed by atoms with Crippen molar-refractivity contribution in [2.75, 3.05) is 36.5 Å². The fourth-order valence-corrected chi connectivity index (χ4v) is 3.62. The summed E-state index contributed by atoms with van der Waals surface area (Å²) >= 11 is 0. The van der Waals surface area contributed by atoms with Gasteiger partial charge in [0.1, 0.15) is 0 Å². The van der Waals surface area contributed by atoms with Crippen LogP contribution in [-0.4, -0.2) is 52.3 Å². The second kappa shape index (κ2) is 9.76. The summed E-state index contributed by atoms with van der Waals surface area (Å²) in [4.78, 5) is 38.9. The molecular weight excluding hydrogens is 436 g/mol. The van der Waals surface area contributed by atoms with Gasteiger partial charge in [-0.15, -0.1) is 0 Å². The second-order valence-corrected chi connectivity index (χ2v) is 9.35. The zero-order chi connectivity index (χ0) is 24.3. The van der Waals surface area contributed by atoms with Crippen molar-refractivity contribution in [1.82, 2.24) is 20.1 Å². The largest absolute Gasteiger partial charge is 0.378 e. The van der Waals surface area contributed by atoms with Crippen LogP contribution in [0.2, 0.25) is 0 Å². The summed E-state index contributed by atoms with van der Waals surface area (Å²) in [7, 11) is 0. The van der Waals surface area contributed by atoms with Gasteiger partial charge in [-0.05, 0) is 37.6 Å². The Kier molecular flexibility index (Phi) is 6.78. The predicted octanol–water partition coefficient (Wildman–Crippen LogP) is 2.83. The quantitative estimate of drug-likeness (QED) is 0.568. The number of anilines is 2. The topological polar surface area (TPSA) is 126 Å². The molecule has 0 unspecified atom stereocenters. The molecule has 0 radical (unpaired) electrons. The third-order valence-electron chi connectivity index (χ3n) is 5.62. The number of aryl methyl sites for hydroxylation is 1. The molecule has 10 heteroatoms. The molecule has 0 atom stereocenters. The fourth-order valence-electron chi connectivity index (χ4n) is 3.62. The summed E-state index contributed by atoms with van der Waals surface area (Å²) in [5, 5.41) is 6.90. The van der Waals surface area contributed by atoms with Gasteiger partial charge in [-0.25, -0.2) is 4.98 Å². The summed E-state index contributed by atoms with van der Waals surface area (Å²) in [5.74, 6) is 1.44. The number of H-pyrrole nitrogens is 1. The molecule has 3 aromatic rings. The minimum absolute atomic E-state index is 0.171. The van der Waals surface area contributed by atoms with E-state index in [1.807, 2.05) is 37.8 Å². The molecule has 1 saturated heterocycles. The highest BCUT2D eigenvalue weighted by atomic mass is 16.5. The first-order valence-corrected chi connectivity index (χ1v) is 11.4. The van der Waals surface area contributed by atoms with Crippen LogP contribution in [0.15, 0.2) is 33.6 Å². The molecule has 34 heavy (non-hydrogen) atoms. The van der Waals surface area contributed by atoms with Crippen molar-refractivity contribution in [3.8, 4) is 11.4 Å². The average Bonchev–Trinajstić information content (AvgIpc) is 3.30. The number of morpholine rings is 1. The first-order chi connectivity index (χ1) is 16.2. The fraction of sp³-hybridized carbons (Fsp3) is 0.458. The molecule has 0 spiro atoms. The Labute approximate surface area is 197 Å². The van der Waals surface area contributed by atoms with Gasteiger partial charge in [0.15, 0.2) is 0 Å². The van der Waals surface area contributed by atoms with Gasteiger partial charge in [-0.2, -0.15) is 4.98 Å². The van der Waals surface area contributed by atoms with Crippen molar-refractivity contribution in [3.63, 3.8) is 0 Å². The highest BCUT2D eigenvalue weighted by Gasteiger charge is 2.22. The van der Waals surface area contributed by atoms with Gasteiger partial charge in [-0.3, -0.25) is 14.6 Å². The number of carbonyl (C=O) groups excluding carboxylic acids is 1. The molecule has 2 N–H and O–H groups in total. The number of aromatic amines is 1. The number of rotatable bonds is 6. The van der Waals surface area contributed by atoms with Crippen LogP contribution in [0.1, 0.15) is 44.3 Å². The van der Waals surface area contributed by atoms with Gasteiger partial charge >= 0.3 is 0 Å². The molecule has 0 bridgehead atoms. The molecule has 3 heterocycles. The number of carbonyl (C=O) groups is 1. The number of hydrogen-bond donors (Lipinski definition) is 2. The minimum Gasteiger partial charge on any atom is -0.378 e. The summed E-state index contributed by atoms with van der Waals surface area (Å²) in [6, 6.07) is 7.24. The number of nitrogens with zero attached hydrogens (tertiary/aromatic N) is 4. The SMILES string of the molecule is Cc1nc(N2CCOCC2)[nH]c(=O)c1CCC(=O)Nc1ccc(-c2noc(C(C)(C)C)n2)cc1.